The summed E-state index contributed by atoms with van der Waals surface area (Å²) in [7, 11) is 0. The fourth-order valence-corrected chi connectivity index (χ4v) is 4.46. The lowest BCUT2D eigenvalue weighted by molar-refractivity contribution is -0.112. The van der Waals surface area contributed by atoms with Crippen LogP contribution in [0.2, 0.25) is 15.1 Å². The first kappa shape index (κ1) is 29.8. The number of nitrogens with one attached hydrogen (secondary N) is 1. The van der Waals surface area contributed by atoms with Gasteiger partial charge in [-0.05, 0) is 78.7 Å². The topological polar surface area (TPSA) is 80.6 Å². The number of nitriles is 1. The maximum atomic E-state index is 12.9. The zero-order chi connectivity index (χ0) is 29.2. The molecule has 0 saturated heterocycles. The standard InChI is InChI=1S/C32H25Cl3N2O4/c1-2-39-30-17-22(16-29(35)31(30)41-19-21-6-5-8-25(33)15-21)14-24(18-36)32(38)37-26-10-12-27(13-11-26)40-20-23-7-3-4-9-28(23)34/h3-17H,2,19-20H2,1H3,(H,37,38)/b24-14+. The van der Waals surface area contributed by atoms with Crippen molar-refractivity contribution in [3.63, 3.8) is 0 Å². The summed E-state index contributed by atoms with van der Waals surface area (Å²) in [5.41, 5.74) is 2.62. The molecule has 4 aromatic carbocycles. The predicted octanol–water partition coefficient (Wildman–Crippen LogP) is 8.75. The van der Waals surface area contributed by atoms with Crippen molar-refractivity contribution in [1.29, 1.82) is 5.26 Å². The number of anilines is 1. The minimum absolute atomic E-state index is 0.116. The molecule has 208 valence electrons. The van der Waals surface area contributed by atoms with Crippen molar-refractivity contribution in [1.82, 2.24) is 0 Å². The largest absolute Gasteiger partial charge is 0.490 e. The quantitative estimate of drug-likeness (QED) is 0.136. The Balaban J connectivity index is 1.44. The van der Waals surface area contributed by atoms with E-state index >= 15 is 0 Å². The normalized spacial score (nSPS) is 11.0. The van der Waals surface area contributed by atoms with E-state index in [1.54, 1.807) is 54.6 Å². The number of carbonyl (C=O) groups excluding carboxylic acids is 1. The van der Waals surface area contributed by atoms with Gasteiger partial charge in [-0.2, -0.15) is 5.26 Å². The second kappa shape index (κ2) is 14.5. The lowest BCUT2D eigenvalue weighted by Crippen LogP contribution is -2.13. The van der Waals surface area contributed by atoms with Gasteiger partial charge in [-0.1, -0.05) is 65.1 Å². The second-order valence-corrected chi connectivity index (χ2v) is 9.96. The molecule has 0 aliphatic rings. The molecular weight excluding hydrogens is 583 g/mol. The number of amides is 1. The number of carbonyl (C=O) groups is 1. The Morgan fingerprint density at radius 1 is 0.878 bits per heavy atom. The number of nitrogens with zero attached hydrogens (tertiary/aromatic N) is 1. The fourth-order valence-electron chi connectivity index (χ4n) is 3.78. The summed E-state index contributed by atoms with van der Waals surface area (Å²) in [5, 5.41) is 13.9. The van der Waals surface area contributed by atoms with Crippen molar-refractivity contribution in [3.05, 3.63) is 122 Å². The summed E-state index contributed by atoms with van der Waals surface area (Å²) in [6.07, 6.45) is 1.44. The molecule has 0 radical (unpaired) electrons. The molecule has 0 aliphatic heterocycles. The van der Waals surface area contributed by atoms with Crippen LogP contribution < -0.4 is 19.5 Å². The van der Waals surface area contributed by atoms with Gasteiger partial charge in [-0.25, -0.2) is 0 Å². The molecule has 0 bridgehead atoms. The summed E-state index contributed by atoms with van der Waals surface area (Å²) < 4.78 is 17.5. The van der Waals surface area contributed by atoms with E-state index in [1.165, 1.54) is 6.08 Å². The van der Waals surface area contributed by atoms with Crippen LogP contribution in [0.25, 0.3) is 6.08 Å². The van der Waals surface area contributed by atoms with Crippen molar-refractivity contribution >= 4 is 52.5 Å². The first-order valence-corrected chi connectivity index (χ1v) is 13.7. The Morgan fingerprint density at radius 2 is 1.66 bits per heavy atom. The van der Waals surface area contributed by atoms with Crippen LogP contribution in [0.15, 0.2) is 90.5 Å². The average Bonchev–Trinajstić information content (AvgIpc) is 2.96. The van der Waals surface area contributed by atoms with E-state index in [9.17, 15) is 10.1 Å². The zero-order valence-corrected chi connectivity index (χ0v) is 24.3. The molecule has 0 heterocycles. The van der Waals surface area contributed by atoms with Crippen LogP contribution in [0.1, 0.15) is 23.6 Å². The lowest BCUT2D eigenvalue weighted by Gasteiger charge is -2.15. The highest BCUT2D eigenvalue weighted by atomic mass is 35.5. The van der Waals surface area contributed by atoms with Crippen LogP contribution in [0, 0.1) is 11.3 Å². The van der Waals surface area contributed by atoms with Gasteiger partial charge in [0.25, 0.3) is 5.91 Å². The zero-order valence-electron chi connectivity index (χ0n) is 22.0. The van der Waals surface area contributed by atoms with E-state index in [-0.39, 0.29) is 17.2 Å². The Hall–Kier alpha value is -4.15. The Kier molecular flexibility index (Phi) is 10.5. The van der Waals surface area contributed by atoms with Gasteiger partial charge in [0.2, 0.25) is 0 Å². The van der Waals surface area contributed by atoms with E-state index in [0.29, 0.717) is 51.8 Å². The molecule has 1 N–H and O–H groups in total. The average molecular weight is 608 g/mol. The Bertz CT molecular complexity index is 1600. The SMILES string of the molecule is CCOc1cc(/C=C(\C#N)C(=O)Nc2ccc(OCc3ccccc3Cl)cc2)cc(Cl)c1OCc1cccc(Cl)c1. The van der Waals surface area contributed by atoms with E-state index in [0.717, 1.165) is 11.1 Å². The molecule has 0 aromatic heterocycles. The second-order valence-electron chi connectivity index (χ2n) is 8.71. The van der Waals surface area contributed by atoms with Crippen LogP contribution in [-0.2, 0) is 18.0 Å². The minimum Gasteiger partial charge on any atom is -0.490 e. The first-order chi connectivity index (χ1) is 19.9. The molecule has 0 fully saturated rings. The van der Waals surface area contributed by atoms with Crippen molar-refractivity contribution in [3.8, 4) is 23.3 Å². The predicted molar refractivity (Wildman–Crippen MR) is 163 cm³/mol. The monoisotopic (exact) mass is 606 g/mol. The number of benzene rings is 4. The fraction of sp³-hybridized carbons (Fsp3) is 0.125. The minimum atomic E-state index is -0.576. The van der Waals surface area contributed by atoms with Gasteiger partial charge in [-0.15, -0.1) is 0 Å². The molecule has 1 amide bonds. The summed E-state index contributed by atoms with van der Waals surface area (Å²) in [6.45, 7) is 2.73. The van der Waals surface area contributed by atoms with Gasteiger partial charge >= 0.3 is 0 Å². The third-order valence-electron chi connectivity index (χ3n) is 5.74. The van der Waals surface area contributed by atoms with E-state index < -0.39 is 5.91 Å². The molecular formula is C32H25Cl3N2O4. The number of hydrogen-bond donors (Lipinski definition) is 1. The molecule has 9 heteroatoms. The van der Waals surface area contributed by atoms with Gasteiger partial charge in [0.1, 0.15) is 30.6 Å². The maximum Gasteiger partial charge on any atom is 0.266 e. The molecule has 0 saturated carbocycles. The lowest BCUT2D eigenvalue weighted by atomic mass is 10.1. The summed E-state index contributed by atoms with van der Waals surface area (Å²) >= 11 is 18.8. The van der Waals surface area contributed by atoms with Gasteiger partial charge in [0, 0.05) is 21.3 Å². The van der Waals surface area contributed by atoms with Crippen LogP contribution >= 0.6 is 34.8 Å². The number of rotatable bonds is 11. The van der Waals surface area contributed by atoms with Crippen LogP contribution in [-0.4, -0.2) is 12.5 Å². The van der Waals surface area contributed by atoms with E-state index in [4.69, 9.17) is 49.0 Å². The van der Waals surface area contributed by atoms with Gasteiger partial charge < -0.3 is 19.5 Å². The van der Waals surface area contributed by atoms with E-state index in [2.05, 4.69) is 5.32 Å². The molecule has 0 spiro atoms. The van der Waals surface area contributed by atoms with Crippen molar-refractivity contribution < 1.29 is 19.0 Å². The van der Waals surface area contributed by atoms with Crippen molar-refractivity contribution in [2.45, 2.75) is 20.1 Å². The highest BCUT2D eigenvalue weighted by Gasteiger charge is 2.15. The van der Waals surface area contributed by atoms with Crippen LogP contribution in [0.5, 0.6) is 17.2 Å². The highest BCUT2D eigenvalue weighted by Crippen LogP contribution is 2.38. The molecule has 0 atom stereocenters. The Labute approximate surface area is 253 Å². The van der Waals surface area contributed by atoms with Gasteiger partial charge in [0.15, 0.2) is 11.5 Å². The third-order valence-corrected chi connectivity index (χ3v) is 6.63. The molecule has 41 heavy (non-hydrogen) atoms. The maximum absolute atomic E-state index is 12.9. The number of halogens is 3. The van der Waals surface area contributed by atoms with Gasteiger partial charge in [-0.3, -0.25) is 4.79 Å². The molecule has 4 aromatic rings. The first-order valence-electron chi connectivity index (χ1n) is 12.6. The van der Waals surface area contributed by atoms with Crippen LogP contribution in [0.3, 0.4) is 0 Å². The highest BCUT2D eigenvalue weighted by molar-refractivity contribution is 6.32. The Morgan fingerprint density at radius 3 is 2.37 bits per heavy atom. The molecule has 0 unspecified atom stereocenters. The van der Waals surface area contributed by atoms with Crippen LogP contribution in [0.4, 0.5) is 5.69 Å². The molecule has 0 aliphatic carbocycles. The summed E-state index contributed by atoms with van der Waals surface area (Å²) in [6, 6.07) is 26.8. The smallest absolute Gasteiger partial charge is 0.266 e. The van der Waals surface area contributed by atoms with E-state index in [1.807, 2.05) is 43.3 Å². The summed E-state index contributed by atoms with van der Waals surface area (Å²) in [5.74, 6) is 0.770. The number of ether oxygens (including phenoxy) is 3. The third kappa shape index (κ3) is 8.42. The number of hydrogen-bond acceptors (Lipinski definition) is 5. The van der Waals surface area contributed by atoms with Gasteiger partial charge in [0.05, 0.1) is 11.6 Å². The molecule has 6 nitrogen and oxygen atoms in total. The molecule has 4 rings (SSSR count). The van der Waals surface area contributed by atoms with Crippen molar-refractivity contribution in [2.75, 3.05) is 11.9 Å². The summed E-state index contributed by atoms with van der Waals surface area (Å²) in [4.78, 5) is 12.9. The van der Waals surface area contributed by atoms with Crippen molar-refractivity contribution in [2.24, 2.45) is 0 Å².